The van der Waals surface area contributed by atoms with Crippen molar-refractivity contribution in [1.29, 1.82) is 0 Å². The standard InChI is InChI=1S/C11H13N3O/c1-7-5-4-6-14-9(11(15)12-3)8(2)13-10(7)14/h4-6H,1-3H3,(H,12,15). The van der Waals surface area contributed by atoms with Gasteiger partial charge in [-0.1, -0.05) is 6.07 Å². The van der Waals surface area contributed by atoms with Gasteiger partial charge in [-0.05, 0) is 25.5 Å². The van der Waals surface area contributed by atoms with Gasteiger partial charge in [-0.3, -0.25) is 9.20 Å². The van der Waals surface area contributed by atoms with Crippen molar-refractivity contribution in [3.8, 4) is 0 Å². The predicted molar refractivity (Wildman–Crippen MR) is 58.1 cm³/mol. The molecule has 0 unspecified atom stereocenters. The third kappa shape index (κ3) is 1.38. The number of carbonyl (C=O) groups excluding carboxylic acids is 1. The molecule has 0 bridgehead atoms. The van der Waals surface area contributed by atoms with E-state index in [9.17, 15) is 4.79 Å². The van der Waals surface area contributed by atoms with Crippen molar-refractivity contribution in [3.05, 3.63) is 35.3 Å². The van der Waals surface area contributed by atoms with Crippen LogP contribution in [0.2, 0.25) is 0 Å². The molecule has 1 N–H and O–H groups in total. The number of aromatic nitrogens is 2. The van der Waals surface area contributed by atoms with E-state index < -0.39 is 0 Å². The van der Waals surface area contributed by atoms with Gasteiger partial charge in [0.25, 0.3) is 5.91 Å². The molecule has 0 atom stereocenters. The van der Waals surface area contributed by atoms with Crippen molar-refractivity contribution >= 4 is 11.6 Å². The van der Waals surface area contributed by atoms with Crippen LogP contribution >= 0.6 is 0 Å². The fourth-order valence-electron chi connectivity index (χ4n) is 1.71. The van der Waals surface area contributed by atoms with Crippen LogP contribution in [-0.2, 0) is 0 Å². The maximum atomic E-state index is 11.6. The van der Waals surface area contributed by atoms with E-state index in [1.165, 1.54) is 0 Å². The lowest BCUT2D eigenvalue weighted by atomic mass is 10.3. The van der Waals surface area contributed by atoms with E-state index in [-0.39, 0.29) is 5.91 Å². The van der Waals surface area contributed by atoms with E-state index in [1.807, 2.05) is 36.6 Å². The van der Waals surface area contributed by atoms with Gasteiger partial charge < -0.3 is 5.32 Å². The molecule has 2 heterocycles. The molecule has 0 radical (unpaired) electrons. The third-order valence-corrected chi connectivity index (χ3v) is 2.46. The second-order valence-electron chi connectivity index (χ2n) is 3.51. The normalized spacial score (nSPS) is 10.6. The van der Waals surface area contributed by atoms with E-state index in [1.54, 1.807) is 7.05 Å². The average molecular weight is 203 g/mol. The molecule has 0 aromatic carbocycles. The first kappa shape index (κ1) is 9.71. The number of imidazole rings is 1. The van der Waals surface area contributed by atoms with Crippen molar-refractivity contribution in [1.82, 2.24) is 14.7 Å². The van der Waals surface area contributed by atoms with Crippen molar-refractivity contribution in [2.75, 3.05) is 7.05 Å². The first-order chi connectivity index (χ1) is 7.15. The predicted octanol–water partition coefficient (Wildman–Crippen LogP) is 1.31. The molecule has 0 aliphatic rings. The largest absolute Gasteiger partial charge is 0.354 e. The Morgan fingerprint density at radius 3 is 2.87 bits per heavy atom. The molecule has 0 aliphatic heterocycles. The van der Waals surface area contributed by atoms with Crippen molar-refractivity contribution < 1.29 is 4.79 Å². The lowest BCUT2D eigenvalue weighted by molar-refractivity contribution is 0.0956. The number of fused-ring (bicyclic) bond motifs is 1. The van der Waals surface area contributed by atoms with E-state index in [0.29, 0.717) is 5.69 Å². The zero-order chi connectivity index (χ0) is 11.0. The maximum Gasteiger partial charge on any atom is 0.269 e. The maximum absolute atomic E-state index is 11.6. The number of hydrogen-bond acceptors (Lipinski definition) is 2. The molecule has 0 fully saturated rings. The van der Waals surface area contributed by atoms with Crippen molar-refractivity contribution in [2.24, 2.45) is 0 Å². The minimum atomic E-state index is -0.106. The summed E-state index contributed by atoms with van der Waals surface area (Å²) in [5.41, 5.74) is 3.27. The number of carbonyl (C=O) groups is 1. The van der Waals surface area contributed by atoms with Crippen LogP contribution < -0.4 is 5.32 Å². The van der Waals surface area contributed by atoms with Crippen molar-refractivity contribution in [3.63, 3.8) is 0 Å². The minimum absolute atomic E-state index is 0.106. The fraction of sp³-hybridized carbons (Fsp3) is 0.273. The van der Waals surface area contributed by atoms with Crippen LogP contribution in [0.25, 0.3) is 5.65 Å². The average Bonchev–Trinajstić information content (AvgIpc) is 2.55. The SMILES string of the molecule is CNC(=O)c1c(C)nc2c(C)cccn12. The van der Waals surface area contributed by atoms with Gasteiger partial charge in [-0.25, -0.2) is 4.98 Å². The molecule has 2 aromatic heterocycles. The zero-order valence-corrected chi connectivity index (χ0v) is 9.03. The molecule has 78 valence electrons. The Balaban J connectivity index is 2.79. The highest BCUT2D eigenvalue weighted by atomic mass is 16.1. The molecule has 4 heteroatoms. The van der Waals surface area contributed by atoms with Crippen molar-refractivity contribution in [2.45, 2.75) is 13.8 Å². The summed E-state index contributed by atoms with van der Waals surface area (Å²) in [7, 11) is 1.62. The highest BCUT2D eigenvalue weighted by Crippen LogP contribution is 2.14. The highest BCUT2D eigenvalue weighted by molar-refractivity contribution is 5.94. The van der Waals surface area contributed by atoms with Gasteiger partial charge in [-0.15, -0.1) is 0 Å². The summed E-state index contributed by atoms with van der Waals surface area (Å²) in [5, 5.41) is 2.62. The van der Waals surface area contributed by atoms with Crippen LogP contribution in [0, 0.1) is 13.8 Å². The van der Waals surface area contributed by atoms with Gasteiger partial charge in [0.2, 0.25) is 0 Å². The summed E-state index contributed by atoms with van der Waals surface area (Å²) in [5.74, 6) is -0.106. The third-order valence-electron chi connectivity index (χ3n) is 2.46. The van der Waals surface area contributed by atoms with Gasteiger partial charge >= 0.3 is 0 Å². The van der Waals surface area contributed by atoms with Gasteiger partial charge in [0.1, 0.15) is 11.3 Å². The summed E-state index contributed by atoms with van der Waals surface area (Å²) in [6, 6.07) is 3.89. The molecule has 0 saturated heterocycles. The van der Waals surface area contributed by atoms with Gasteiger partial charge in [-0.2, -0.15) is 0 Å². The molecule has 2 aromatic rings. The van der Waals surface area contributed by atoms with Crippen LogP contribution in [0.3, 0.4) is 0 Å². The monoisotopic (exact) mass is 203 g/mol. The molecule has 1 amide bonds. The van der Waals surface area contributed by atoms with Crippen LogP contribution in [0.5, 0.6) is 0 Å². The molecule has 4 nitrogen and oxygen atoms in total. The number of nitrogens with one attached hydrogen (secondary N) is 1. The number of rotatable bonds is 1. The summed E-state index contributed by atoms with van der Waals surface area (Å²) in [6.45, 7) is 3.83. The van der Waals surface area contributed by atoms with Gasteiger partial charge in [0.15, 0.2) is 0 Å². The van der Waals surface area contributed by atoms with Crippen LogP contribution in [0.4, 0.5) is 0 Å². The van der Waals surface area contributed by atoms with E-state index in [2.05, 4.69) is 10.3 Å². The Morgan fingerprint density at radius 1 is 1.47 bits per heavy atom. The molecule has 0 saturated carbocycles. The smallest absolute Gasteiger partial charge is 0.269 e. The topological polar surface area (TPSA) is 46.4 Å². The highest BCUT2D eigenvalue weighted by Gasteiger charge is 2.15. The first-order valence-corrected chi connectivity index (χ1v) is 4.81. The summed E-state index contributed by atoms with van der Waals surface area (Å²) >= 11 is 0. The molecule has 2 rings (SSSR count). The van der Waals surface area contributed by atoms with E-state index in [0.717, 1.165) is 16.9 Å². The molecule has 0 spiro atoms. The molecule has 15 heavy (non-hydrogen) atoms. The number of amides is 1. The second-order valence-corrected chi connectivity index (χ2v) is 3.51. The van der Waals surface area contributed by atoms with Gasteiger partial charge in [0.05, 0.1) is 5.69 Å². The minimum Gasteiger partial charge on any atom is -0.354 e. The molecular weight excluding hydrogens is 190 g/mol. The summed E-state index contributed by atoms with van der Waals surface area (Å²) in [6.07, 6.45) is 1.85. The second kappa shape index (κ2) is 3.38. The van der Waals surface area contributed by atoms with Crippen LogP contribution in [0.15, 0.2) is 18.3 Å². The summed E-state index contributed by atoms with van der Waals surface area (Å²) in [4.78, 5) is 16.0. The van der Waals surface area contributed by atoms with E-state index >= 15 is 0 Å². The lowest BCUT2D eigenvalue weighted by Gasteiger charge is -2.01. The number of hydrogen-bond donors (Lipinski definition) is 1. The number of aryl methyl sites for hydroxylation is 2. The Kier molecular flexibility index (Phi) is 2.19. The molecular formula is C11H13N3O. The Morgan fingerprint density at radius 2 is 2.20 bits per heavy atom. The Bertz CT molecular complexity index is 528. The van der Waals surface area contributed by atoms with Gasteiger partial charge in [0, 0.05) is 13.2 Å². The lowest BCUT2D eigenvalue weighted by Crippen LogP contribution is -2.20. The fourth-order valence-corrected chi connectivity index (χ4v) is 1.71. The number of nitrogens with zero attached hydrogens (tertiary/aromatic N) is 2. The number of pyridine rings is 1. The first-order valence-electron chi connectivity index (χ1n) is 4.81. The van der Waals surface area contributed by atoms with E-state index in [4.69, 9.17) is 0 Å². The Labute approximate surface area is 87.9 Å². The summed E-state index contributed by atoms with van der Waals surface area (Å²) < 4.78 is 1.82. The van der Waals surface area contributed by atoms with Crippen LogP contribution in [0.1, 0.15) is 21.7 Å². The molecule has 0 aliphatic carbocycles. The Hall–Kier alpha value is -1.84. The van der Waals surface area contributed by atoms with Crippen LogP contribution in [-0.4, -0.2) is 22.3 Å². The zero-order valence-electron chi connectivity index (χ0n) is 9.03. The quantitative estimate of drug-likeness (QED) is 0.759.